The molecule has 0 unspecified atom stereocenters. The molecule has 4 rings (SSSR count). The van der Waals surface area contributed by atoms with Crippen molar-refractivity contribution in [1.82, 2.24) is 8.87 Å². The number of hydrogen-bond donors (Lipinski definition) is 0. The van der Waals surface area contributed by atoms with Gasteiger partial charge in [-0.1, -0.05) is 17.3 Å². The van der Waals surface area contributed by atoms with Gasteiger partial charge in [0.15, 0.2) is 4.80 Å². The van der Waals surface area contributed by atoms with E-state index in [4.69, 9.17) is 6.42 Å². The van der Waals surface area contributed by atoms with Gasteiger partial charge in [0.2, 0.25) is 10.0 Å². The van der Waals surface area contributed by atoms with Gasteiger partial charge in [-0.25, -0.2) is 12.8 Å². The molecule has 34 heavy (non-hydrogen) atoms. The number of nitrogens with zero attached hydrogens (tertiary/aromatic N) is 4. The lowest BCUT2D eigenvalue weighted by molar-refractivity contribution is -0.384. The molecular formula is C22H19FN4O5S2. The number of benzene rings is 2. The number of nitro benzene ring substituents is 1. The number of hydrogen-bond acceptors (Lipinski definition) is 6. The molecule has 1 fully saturated rings. The number of fused-ring (bicyclic) bond motifs is 1. The van der Waals surface area contributed by atoms with Gasteiger partial charge in [0, 0.05) is 31.1 Å². The summed E-state index contributed by atoms with van der Waals surface area (Å²) in [5, 5.41) is 11.1. The predicted octanol–water partition coefficient (Wildman–Crippen LogP) is 2.91. The third kappa shape index (κ3) is 4.63. The highest BCUT2D eigenvalue weighted by molar-refractivity contribution is 7.89. The molecule has 0 atom stereocenters. The number of sulfonamides is 1. The SMILES string of the molecule is C#CCn1c(=NC(=O)C2CCN(S(=O)(=O)c3ccc(F)cc3)CC2)sc2cc([N+](=O)[O-])ccc21. The van der Waals surface area contributed by atoms with E-state index in [1.54, 1.807) is 10.6 Å². The Morgan fingerprint density at radius 2 is 1.91 bits per heavy atom. The fourth-order valence-electron chi connectivity index (χ4n) is 3.79. The Kier molecular flexibility index (Phi) is 6.60. The van der Waals surface area contributed by atoms with Crippen molar-refractivity contribution in [3.8, 4) is 12.3 Å². The lowest BCUT2D eigenvalue weighted by atomic mass is 9.98. The van der Waals surface area contributed by atoms with Crippen molar-refractivity contribution in [3.63, 3.8) is 0 Å². The van der Waals surface area contributed by atoms with Crippen LogP contribution in [0.3, 0.4) is 0 Å². The van der Waals surface area contributed by atoms with E-state index in [1.807, 2.05) is 0 Å². The van der Waals surface area contributed by atoms with Crippen molar-refractivity contribution in [1.29, 1.82) is 0 Å². The molecule has 1 aliphatic heterocycles. The summed E-state index contributed by atoms with van der Waals surface area (Å²) in [5.74, 6) is 1.11. The summed E-state index contributed by atoms with van der Waals surface area (Å²) in [5.41, 5.74) is 0.564. The molecule has 1 aliphatic rings. The second-order valence-corrected chi connectivity index (χ2v) is 10.6. The minimum absolute atomic E-state index is 0.00180. The number of carbonyl (C=O) groups is 1. The van der Waals surface area contributed by atoms with Crippen LogP contribution in [0.15, 0.2) is 52.4 Å². The van der Waals surface area contributed by atoms with Crippen LogP contribution in [0, 0.1) is 34.2 Å². The highest BCUT2D eigenvalue weighted by Gasteiger charge is 2.32. The number of nitro groups is 1. The summed E-state index contributed by atoms with van der Waals surface area (Å²) >= 11 is 1.13. The van der Waals surface area contributed by atoms with Gasteiger partial charge < -0.3 is 4.57 Å². The van der Waals surface area contributed by atoms with E-state index >= 15 is 0 Å². The first-order valence-electron chi connectivity index (χ1n) is 10.3. The molecule has 1 aromatic heterocycles. The zero-order valence-electron chi connectivity index (χ0n) is 17.8. The van der Waals surface area contributed by atoms with Crippen LogP contribution in [0.5, 0.6) is 0 Å². The second kappa shape index (κ2) is 9.46. The number of carbonyl (C=O) groups excluding carboxylic acids is 1. The number of halogens is 1. The maximum absolute atomic E-state index is 13.1. The average molecular weight is 503 g/mol. The van der Waals surface area contributed by atoms with Crippen LogP contribution in [0.25, 0.3) is 10.2 Å². The van der Waals surface area contributed by atoms with Crippen LogP contribution in [0.2, 0.25) is 0 Å². The molecule has 0 radical (unpaired) electrons. The van der Waals surface area contributed by atoms with E-state index in [0.717, 1.165) is 23.5 Å². The Labute approximate surface area is 198 Å². The molecular weight excluding hydrogens is 483 g/mol. The third-order valence-electron chi connectivity index (χ3n) is 5.59. The summed E-state index contributed by atoms with van der Waals surface area (Å²) in [6.07, 6.45) is 6.03. The Hall–Kier alpha value is -3.40. The quantitative estimate of drug-likeness (QED) is 0.302. The van der Waals surface area contributed by atoms with Gasteiger partial charge >= 0.3 is 0 Å². The maximum Gasteiger partial charge on any atom is 0.270 e. The number of non-ortho nitro benzene ring substituents is 1. The van der Waals surface area contributed by atoms with E-state index in [9.17, 15) is 27.7 Å². The van der Waals surface area contributed by atoms with Crippen LogP contribution in [-0.4, -0.2) is 41.2 Å². The monoisotopic (exact) mass is 502 g/mol. The van der Waals surface area contributed by atoms with Crippen LogP contribution in [-0.2, 0) is 21.4 Å². The van der Waals surface area contributed by atoms with Crippen molar-refractivity contribution in [2.45, 2.75) is 24.3 Å². The molecule has 3 aromatic rings. The Balaban J connectivity index is 1.55. The van der Waals surface area contributed by atoms with E-state index in [0.29, 0.717) is 15.0 Å². The van der Waals surface area contributed by atoms with Crippen LogP contribution >= 0.6 is 11.3 Å². The summed E-state index contributed by atoms with van der Waals surface area (Å²) in [6, 6.07) is 8.96. The molecule has 176 valence electrons. The first kappa shape index (κ1) is 23.7. The summed E-state index contributed by atoms with van der Waals surface area (Å²) < 4.78 is 42.2. The second-order valence-electron chi connectivity index (χ2n) is 7.67. The normalized spacial score (nSPS) is 15.9. The lowest BCUT2D eigenvalue weighted by Crippen LogP contribution is -2.40. The fraction of sp³-hybridized carbons (Fsp3) is 0.273. The van der Waals surface area contributed by atoms with E-state index in [2.05, 4.69) is 10.9 Å². The molecule has 2 heterocycles. The van der Waals surface area contributed by atoms with E-state index in [-0.39, 0.29) is 43.1 Å². The molecule has 0 bridgehead atoms. The predicted molar refractivity (Wildman–Crippen MR) is 124 cm³/mol. The van der Waals surface area contributed by atoms with Gasteiger partial charge in [-0.2, -0.15) is 9.30 Å². The standard InChI is InChI=1S/C22H19FN4O5S2/c1-2-11-26-19-8-5-17(27(29)30)14-20(19)33-22(26)24-21(28)15-9-12-25(13-10-15)34(31,32)18-6-3-16(23)4-7-18/h1,3-8,14-15H,9-13H2. The molecule has 1 saturated heterocycles. The Morgan fingerprint density at radius 1 is 1.24 bits per heavy atom. The maximum atomic E-state index is 13.1. The Morgan fingerprint density at radius 3 is 2.53 bits per heavy atom. The molecule has 1 amide bonds. The average Bonchev–Trinajstić information content (AvgIpc) is 3.15. The largest absolute Gasteiger partial charge is 0.305 e. The number of amides is 1. The molecule has 0 aliphatic carbocycles. The summed E-state index contributed by atoms with van der Waals surface area (Å²) in [4.78, 5) is 28.0. The fourth-order valence-corrected chi connectivity index (χ4v) is 6.33. The minimum atomic E-state index is -3.78. The minimum Gasteiger partial charge on any atom is -0.305 e. The molecule has 2 aromatic carbocycles. The topological polar surface area (TPSA) is 115 Å². The van der Waals surface area contributed by atoms with Crippen molar-refractivity contribution < 1.29 is 22.5 Å². The molecule has 0 spiro atoms. The van der Waals surface area contributed by atoms with E-state index < -0.39 is 32.6 Å². The van der Waals surface area contributed by atoms with Gasteiger partial charge in [-0.3, -0.25) is 14.9 Å². The van der Waals surface area contributed by atoms with Gasteiger partial charge in [0.05, 0.1) is 26.6 Å². The van der Waals surface area contributed by atoms with Gasteiger partial charge in [0.25, 0.3) is 11.6 Å². The first-order valence-corrected chi connectivity index (χ1v) is 12.5. The molecule has 9 nitrogen and oxygen atoms in total. The van der Waals surface area contributed by atoms with Gasteiger partial charge in [-0.15, -0.1) is 6.42 Å². The number of rotatable bonds is 5. The first-order chi connectivity index (χ1) is 16.2. The third-order valence-corrected chi connectivity index (χ3v) is 8.54. The zero-order chi connectivity index (χ0) is 24.5. The van der Waals surface area contributed by atoms with Crippen LogP contribution in [0.1, 0.15) is 12.8 Å². The number of thiazole rings is 1. The van der Waals surface area contributed by atoms with Crippen molar-refractivity contribution in [2.75, 3.05) is 13.1 Å². The van der Waals surface area contributed by atoms with E-state index in [1.165, 1.54) is 28.6 Å². The van der Waals surface area contributed by atoms with Crippen molar-refractivity contribution in [2.24, 2.45) is 10.9 Å². The molecule has 0 N–H and O–H groups in total. The smallest absolute Gasteiger partial charge is 0.270 e. The lowest BCUT2D eigenvalue weighted by Gasteiger charge is -2.29. The Bertz CT molecular complexity index is 1480. The summed E-state index contributed by atoms with van der Waals surface area (Å²) in [7, 11) is -3.78. The highest BCUT2D eigenvalue weighted by Crippen LogP contribution is 2.26. The number of aromatic nitrogens is 1. The van der Waals surface area contributed by atoms with Gasteiger partial charge in [0.1, 0.15) is 5.82 Å². The van der Waals surface area contributed by atoms with Crippen molar-refractivity contribution in [3.05, 3.63) is 63.2 Å². The van der Waals surface area contributed by atoms with Gasteiger partial charge in [-0.05, 0) is 43.2 Å². The molecule has 0 saturated carbocycles. The summed E-state index contributed by atoms with van der Waals surface area (Å²) in [6.45, 7) is 0.404. The number of piperidine rings is 1. The van der Waals surface area contributed by atoms with Crippen LogP contribution < -0.4 is 4.80 Å². The van der Waals surface area contributed by atoms with Crippen molar-refractivity contribution >= 4 is 43.2 Å². The van der Waals surface area contributed by atoms with Crippen LogP contribution in [0.4, 0.5) is 10.1 Å². The zero-order valence-corrected chi connectivity index (χ0v) is 19.4. The highest BCUT2D eigenvalue weighted by atomic mass is 32.2. The molecule has 12 heteroatoms. The number of terminal acetylenes is 1.